The first kappa shape index (κ1) is 13.5. The summed E-state index contributed by atoms with van der Waals surface area (Å²) in [7, 11) is 0. The minimum atomic E-state index is 0.472. The van der Waals surface area contributed by atoms with Crippen LogP contribution in [0.25, 0.3) is 11.0 Å². The van der Waals surface area contributed by atoms with E-state index in [4.69, 9.17) is 0 Å². The van der Waals surface area contributed by atoms with Crippen molar-refractivity contribution in [3.05, 3.63) is 60.4 Å². The fourth-order valence-electron chi connectivity index (χ4n) is 3.31. The Morgan fingerprint density at radius 1 is 1.00 bits per heavy atom. The average Bonchev–Trinajstić information content (AvgIpc) is 3.01. The van der Waals surface area contributed by atoms with E-state index in [0.29, 0.717) is 6.04 Å². The number of benzene rings is 1. The Morgan fingerprint density at radius 3 is 2.64 bits per heavy atom. The van der Waals surface area contributed by atoms with Crippen molar-refractivity contribution < 1.29 is 0 Å². The predicted molar refractivity (Wildman–Crippen MR) is 87.5 cm³/mol. The van der Waals surface area contributed by atoms with Crippen LogP contribution < -0.4 is 0 Å². The molecular formula is C18H20N4. The molecule has 4 nitrogen and oxygen atoms in total. The average molecular weight is 292 g/mol. The summed E-state index contributed by atoms with van der Waals surface area (Å²) in [6, 6.07) is 15.2. The van der Waals surface area contributed by atoms with Gasteiger partial charge in [-0.15, -0.1) is 0 Å². The van der Waals surface area contributed by atoms with E-state index in [2.05, 4.69) is 56.1 Å². The largest absolute Gasteiger partial charge is 0.299 e. The maximum Gasteiger partial charge on any atom is 0.157 e. The van der Waals surface area contributed by atoms with Crippen molar-refractivity contribution in [1.29, 1.82) is 0 Å². The van der Waals surface area contributed by atoms with Crippen LogP contribution in [-0.2, 0) is 6.54 Å². The molecule has 1 fully saturated rings. The van der Waals surface area contributed by atoms with E-state index in [0.717, 1.165) is 43.5 Å². The highest BCUT2D eigenvalue weighted by atomic mass is 15.3. The fourth-order valence-corrected chi connectivity index (χ4v) is 3.31. The van der Waals surface area contributed by atoms with Crippen molar-refractivity contribution in [3.63, 3.8) is 0 Å². The van der Waals surface area contributed by atoms with Crippen molar-refractivity contribution in [3.8, 4) is 0 Å². The van der Waals surface area contributed by atoms with Gasteiger partial charge in [-0.1, -0.05) is 30.3 Å². The van der Waals surface area contributed by atoms with E-state index in [1.165, 1.54) is 5.56 Å². The zero-order valence-electron chi connectivity index (χ0n) is 12.6. The molecule has 0 saturated carbocycles. The fraction of sp³-hybridized carbons (Fsp3) is 0.333. The SMILES string of the molecule is c1ccc(CN2CCC(n3ncc4cccnc43)CC2)cc1. The Labute approximate surface area is 130 Å². The zero-order chi connectivity index (χ0) is 14.8. The van der Waals surface area contributed by atoms with Crippen molar-refractivity contribution in [2.24, 2.45) is 0 Å². The minimum absolute atomic E-state index is 0.472. The summed E-state index contributed by atoms with van der Waals surface area (Å²) in [6.07, 6.45) is 6.06. The predicted octanol–water partition coefficient (Wildman–Crippen LogP) is 3.27. The van der Waals surface area contributed by atoms with Crippen molar-refractivity contribution in [1.82, 2.24) is 19.7 Å². The number of piperidine rings is 1. The molecule has 1 saturated heterocycles. The molecule has 0 atom stereocenters. The van der Waals surface area contributed by atoms with Gasteiger partial charge < -0.3 is 0 Å². The lowest BCUT2D eigenvalue weighted by atomic mass is 10.0. The van der Waals surface area contributed by atoms with E-state index in [9.17, 15) is 0 Å². The second-order valence-corrected chi connectivity index (χ2v) is 6.00. The highest BCUT2D eigenvalue weighted by Gasteiger charge is 2.22. The summed E-state index contributed by atoms with van der Waals surface area (Å²) in [5.41, 5.74) is 2.41. The van der Waals surface area contributed by atoms with E-state index >= 15 is 0 Å². The van der Waals surface area contributed by atoms with Crippen LogP contribution in [0.3, 0.4) is 0 Å². The lowest BCUT2D eigenvalue weighted by Gasteiger charge is -2.32. The number of rotatable bonds is 3. The van der Waals surface area contributed by atoms with Crippen LogP contribution in [0.1, 0.15) is 24.4 Å². The molecule has 3 aromatic rings. The summed E-state index contributed by atoms with van der Waals surface area (Å²) in [5.74, 6) is 0. The molecule has 0 unspecified atom stereocenters. The van der Waals surface area contributed by atoms with Gasteiger partial charge in [-0.2, -0.15) is 5.10 Å². The third-order valence-electron chi connectivity index (χ3n) is 4.51. The Morgan fingerprint density at radius 2 is 1.82 bits per heavy atom. The molecular weight excluding hydrogens is 272 g/mol. The Kier molecular flexibility index (Phi) is 3.60. The Hall–Kier alpha value is -2.20. The lowest BCUT2D eigenvalue weighted by molar-refractivity contribution is 0.175. The minimum Gasteiger partial charge on any atom is -0.299 e. The molecule has 2 aromatic heterocycles. The van der Waals surface area contributed by atoms with Crippen LogP contribution in [-0.4, -0.2) is 32.8 Å². The topological polar surface area (TPSA) is 34.0 Å². The first-order chi connectivity index (χ1) is 10.9. The van der Waals surface area contributed by atoms with Gasteiger partial charge in [0.05, 0.1) is 12.2 Å². The van der Waals surface area contributed by atoms with E-state index < -0.39 is 0 Å². The van der Waals surface area contributed by atoms with E-state index in [-0.39, 0.29) is 0 Å². The quantitative estimate of drug-likeness (QED) is 0.743. The maximum atomic E-state index is 4.56. The van der Waals surface area contributed by atoms with Gasteiger partial charge in [-0.3, -0.25) is 4.90 Å². The summed E-state index contributed by atoms with van der Waals surface area (Å²) >= 11 is 0. The summed E-state index contributed by atoms with van der Waals surface area (Å²) in [6.45, 7) is 3.28. The van der Waals surface area contributed by atoms with Crippen LogP contribution in [0.4, 0.5) is 0 Å². The van der Waals surface area contributed by atoms with Crippen LogP contribution in [0, 0.1) is 0 Å². The summed E-state index contributed by atoms with van der Waals surface area (Å²) < 4.78 is 2.12. The van der Waals surface area contributed by atoms with Gasteiger partial charge in [-0.05, 0) is 30.5 Å². The molecule has 0 amide bonds. The van der Waals surface area contributed by atoms with Gasteiger partial charge in [0.1, 0.15) is 0 Å². The molecule has 3 heterocycles. The van der Waals surface area contributed by atoms with Crippen molar-refractivity contribution in [2.75, 3.05) is 13.1 Å². The molecule has 0 bridgehead atoms. The maximum absolute atomic E-state index is 4.56. The van der Waals surface area contributed by atoms with Gasteiger partial charge in [0, 0.05) is 31.2 Å². The molecule has 1 aromatic carbocycles. The van der Waals surface area contributed by atoms with Crippen molar-refractivity contribution in [2.45, 2.75) is 25.4 Å². The third-order valence-corrected chi connectivity index (χ3v) is 4.51. The van der Waals surface area contributed by atoms with Gasteiger partial charge in [0.2, 0.25) is 0 Å². The highest BCUT2D eigenvalue weighted by Crippen LogP contribution is 2.25. The molecule has 112 valence electrons. The molecule has 4 rings (SSSR count). The molecule has 4 heteroatoms. The number of hydrogen-bond acceptors (Lipinski definition) is 3. The molecule has 1 aliphatic heterocycles. The molecule has 0 aliphatic carbocycles. The normalized spacial score (nSPS) is 17.1. The number of fused-ring (bicyclic) bond motifs is 1. The van der Waals surface area contributed by atoms with Gasteiger partial charge >= 0.3 is 0 Å². The number of hydrogen-bond donors (Lipinski definition) is 0. The zero-order valence-corrected chi connectivity index (χ0v) is 12.6. The lowest BCUT2D eigenvalue weighted by Crippen LogP contribution is -2.34. The van der Waals surface area contributed by atoms with Crippen LogP contribution in [0.2, 0.25) is 0 Å². The van der Waals surface area contributed by atoms with Crippen LogP contribution in [0.5, 0.6) is 0 Å². The first-order valence-electron chi connectivity index (χ1n) is 7.95. The van der Waals surface area contributed by atoms with Crippen LogP contribution >= 0.6 is 0 Å². The Bertz CT molecular complexity index is 742. The molecule has 1 aliphatic rings. The number of pyridine rings is 1. The van der Waals surface area contributed by atoms with Crippen molar-refractivity contribution >= 4 is 11.0 Å². The molecule has 0 N–H and O–H groups in total. The standard InChI is InChI=1S/C18H20N4/c1-2-5-15(6-3-1)14-21-11-8-17(9-12-21)22-18-16(13-20-22)7-4-10-19-18/h1-7,10,13,17H,8-9,11-12,14H2. The van der Waals surface area contributed by atoms with E-state index in [1.807, 2.05) is 18.5 Å². The monoisotopic (exact) mass is 292 g/mol. The molecule has 0 radical (unpaired) electrons. The second-order valence-electron chi connectivity index (χ2n) is 6.00. The summed E-state index contributed by atoms with van der Waals surface area (Å²) in [5, 5.41) is 5.70. The molecule has 0 spiro atoms. The van der Waals surface area contributed by atoms with E-state index in [1.54, 1.807) is 0 Å². The van der Waals surface area contributed by atoms with Gasteiger partial charge in [0.25, 0.3) is 0 Å². The molecule has 22 heavy (non-hydrogen) atoms. The third kappa shape index (κ3) is 2.62. The summed E-state index contributed by atoms with van der Waals surface area (Å²) in [4.78, 5) is 7.02. The number of nitrogens with zero attached hydrogens (tertiary/aromatic N) is 4. The Balaban J connectivity index is 1.43. The smallest absolute Gasteiger partial charge is 0.157 e. The van der Waals surface area contributed by atoms with Gasteiger partial charge in [-0.25, -0.2) is 9.67 Å². The second kappa shape index (κ2) is 5.89. The first-order valence-corrected chi connectivity index (χ1v) is 7.95. The number of aromatic nitrogens is 3. The van der Waals surface area contributed by atoms with Crippen LogP contribution in [0.15, 0.2) is 54.9 Å². The highest BCUT2D eigenvalue weighted by molar-refractivity contribution is 5.74. The number of likely N-dealkylation sites (tertiary alicyclic amines) is 1. The van der Waals surface area contributed by atoms with Gasteiger partial charge in [0.15, 0.2) is 5.65 Å².